The number of nitrogens with one attached hydrogen (secondary N) is 3. The number of aromatic nitrogens is 4. The second-order valence-corrected chi connectivity index (χ2v) is 16.6. The van der Waals surface area contributed by atoms with Crippen molar-refractivity contribution in [1.29, 1.82) is 0 Å². The number of hydrogen-bond donors (Lipinski definition) is 4. The molecule has 0 aliphatic rings. The molecule has 8 rings (SSSR count). The van der Waals surface area contributed by atoms with Crippen LogP contribution in [-0.4, -0.2) is 81.0 Å². The largest absolute Gasteiger partial charge is 0.573 e. The van der Waals surface area contributed by atoms with Crippen molar-refractivity contribution in [2.45, 2.75) is 51.8 Å². The highest BCUT2D eigenvalue weighted by Gasteiger charge is 2.32. The number of benzene rings is 4. The fourth-order valence-corrected chi connectivity index (χ4v) is 7.57. The maximum atomic E-state index is 12.8. The predicted octanol–water partition coefficient (Wildman–Crippen LogP) is 13.8. The van der Waals surface area contributed by atoms with Gasteiger partial charge in [-0.3, -0.25) is 13.6 Å². The molecule has 8 aromatic rings. The number of alkyl halides is 12. The maximum absolute atomic E-state index is 12.8. The second-order valence-electron chi connectivity index (χ2n) is 16.6. The summed E-state index contributed by atoms with van der Waals surface area (Å²) in [5.74, 6) is -1.60. The predicted molar refractivity (Wildman–Crippen MR) is 256 cm³/mol. The number of aromatic carboxylic acids is 1. The third kappa shape index (κ3) is 15.2. The molecule has 4 heterocycles. The van der Waals surface area contributed by atoms with Crippen LogP contribution in [0, 0.1) is 13.8 Å². The average Bonchev–Trinajstić information content (AvgIpc) is 3.97. The zero-order valence-electron chi connectivity index (χ0n) is 40.1. The number of carbonyl (C=O) groups excluding carboxylic acids is 1. The molecule has 0 atom stereocenters. The minimum Gasteiger partial charge on any atom is -0.478 e. The van der Waals surface area contributed by atoms with Gasteiger partial charge in [0.05, 0.1) is 66.0 Å². The van der Waals surface area contributed by atoms with Crippen LogP contribution in [0.5, 0.6) is 34.5 Å². The van der Waals surface area contributed by atoms with Gasteiger partial charge >= 0.3 is 31.0 Å². The lowest BCUT2D eigenvalue weighted by Gasteiger charge is -2.14. The first-order chi connectivity index (χ1) is 36.1. The smallest absolute Gasteiger partial charge is 0.478 e. The zero-order chi connectivity index (χ0) is 56.0. The van der Waals surface area contributed by atoms with Crippen molar-refractivity contribution in [3.05, 3.63) is 144 Å². The van der Waals surface area contributed by atoms with Gasteiger partial charge in [-0.05, 0) is 97.8 Å². The Hall–Kier alpha value is -8.84. The molecule has 4 aromatic heterocycles. The number of ether oxygens (including phenoxy) is 4. The fourth-order valence-electron chi connectivity index (χ4n) is 7.57. The molecule has 26 heteroatoms. The highest BCUT2D eigenvalue weighted by molar-refractivity contribution is 5.96. The Balaban J connectivity index is 0.000000224. The van der Waals surface area contributed by atoms with Crippen LogP contribution in [0.2, 0.25) is 0 Å². The van der Waals surface area contributed by atoms with Gasteiger partial charge in [0, 0.05) is 49.0 Å². The number of anilines is 2. The Morgan fingerprint density at radius 2 is 0.909 bits per heavy atom. The Morgan fingerprint density at radius 1 is 0.532 bits per heavy atom. The summed E-state index contributed by atoms with van der Waals surface area (Å²) < 4.78 is 173. The maximum Gasteiger partial charge on any atom is 0.573 e. The van der Waals surface area contributed by atoms with E-state index in [4.69, 9.17) is 9.47 Å². The molecule has 0 fully saturated rings. The summed E-state index contributed by atoms with van der Waals surface area (Å²) in [6, 6.07) is 21.9. The van der Waals surface area contributed by atoms with Crippen LogP contribution in [0.1, 0.15) is 44.7 Å². The molecule has 0 saturated heterocycles. The fraction of sp³-hybridized carbons (Fsp3) is 0.216. The number of aryl methyl sites for hydroxylation is 2. The number of halogens is 12. The lowest BCUT2D eigenvalue weighted by Crippen LogP contribution is -2.18. The van der Waals surface area contributed by atoms with Gasteiger partial charge in [0.15, 0.2) is 11.3 Å². The molecule has 14 nitrogen and oxygen atoms in total. The van der Waals surface area contributed by atoms with Crippen LogP contribution in [0.25, 0.3) is 33.8 Å². The lowest BCUT2D eigenvalue weighted by atomic mass is 10.0. The highest BCUT2D eigenvalue weighted by atomic mass is 19.4. The van der Waals surface area contributed by atoms with E-state index in [1.807, 2.05) is 0 Å². The van der Waals surface area contributed by atoms with E-state index in [1.165, 1.54) is 68.1 Å². The van der Waals surface area contributed by atoms with Crippen molar-refractivity contribution in [3.63, 3.8) is 0 Å². The number of imidazole rings is 2. The van der Waals surface area contributed by atoms with Crippen LogP contribution >= 0.6 is 0 Å². The topological polar surface area (TPSA) is 162 Å². The first-order valence-electron chi connectivity index (χ1n) is 22.5. The number of amides is 1. The van der Waals surface area contributed by atoms with Gasteiger partial charge in [0.25, 0.3) is 5.91 Å². The number of nitrogens with zero attached hydrogens (tertiary/aromatic N) is 4. The van der Waals surface area contributed by atoms with E-state index in [0.29, 0.717) is 44.9 Å². The van der Waals surface area contributed by atoms with Crippen molar-refractivity contribution < 1.29 is 86.3 Å². The number of carboxylic acid groups (broad SMARTS) is 1. The molecule has 77 heavy (non-hydrogen) atoms. The summed E-state index contributed by atoms with van der Waals surface area (Å²) in [6.07, 6.45) is -14.6. The molecule has 0 bridgehead atoms. The Labute approximate surface area is 427 Å². The van der Waals surface area contributed by atoms with E-state index >= 15 is 0 Å². The molecule has 0 spiro atoms. The monoisotopic (exact) mass is 1090 g/mol. The van der Waals surface area contributed by atoms with E-state index in [2.05, 4.69) is 35.4 Å². The van der Waals surface area contributed by atoms with E-state index in [-0.39, 0.29) is 51.5 Å². The molecule has 0 aliphatic heterocycles. The van der Waals surface area contributed by atoms with Crippen molar-refractivity contribution >= 4 is 34.5 Å². The van der Waals surface area contributed by atoms with E-state index in [0.717, 1.165) is 24.3 Å². The summed E-state index contributed by atoms with van der Waals surface area (Å²) in [6.45, 7) is 2.53. The molecule has 0 saturated carbocycles. The first-order valence-corrected chi connectivity index (χ1v) is 22.5. The van der Waals surface area contributed by atoms with Crippen molar-refractivity contribution in [2.24, 2.45) is 0 Å². The molecule has 1 amide bonds. The van der Waals surface area contributed by atoms with Gasteiger partial charge < -0.3 is 40.0 Å². The quantitative estimate of drug-likeness (QED) is 0.0682. The SMILES string of the molecule is CNC(=O)c1ccc(-c2cnc3c(NCCC(F)(F)F)cc(Oc4ccc(OC(F)(F)F)cc4)cn23)cc1C.Cc1cc(-c2cnc3c(NCCC(F)(F)F)cc(Oc4ccc(OC(F)(F)F)cc4)cn23)ccc1C(=O)O. The molecule has 406 valence electrons. The van der Waals surface area contributed by atoms with Crippen LogP contribution in [-0.2, 0) is 0 Å². The summed E-state index contributed by atoms with van der Waals surface area (Å²) in [5.41, 5.74) is 5.17. The van der Waals surface area contributed by atoms with Crippen LogP contribution in [0.3, 0.4) is 0 Å². The van der Waals surface area contributed by atoms with Gasteiger partial charge in [-0.15, -0.1) is 26.3 Å². The number of fused-ring (bicyclic) bond motifs is 2. The van der Waals surface area contributed by atoms with Gasteiger partial charge in [-0.25, -0.2) is 14.8 Å². The van der Waals surface area contributed by atoms with Crippen molar-refractivity contribution in [3.8, 4) is 57.0 Å². The number of pyridine rings is 2. The van der Waals surface area contributed by atoms with Gasteiger partial charge in [0.2, 0.25) is 0 Å². The number of rotatable bonds is 16. The van der Waals surface area contributed by atoms with Gasteiger partial charge in [-0.2, -0.15) is 26.3 Å². The second kappa shape index (κ2) is 22.6. The molecule has 0 aliphatic carbocycles. The summed E-state index contributed by atoms with van der Waals surface area (Å²) in [5, 5.41) is 17.3. The molecule has 0 radical (unpaired) electrons. The molecule has 4 aromatic carbocycles. The van der Waals surface area contributed by atoms with Gasteiger partial charge in [0.1, 0.15) is 34.5 Å². The Bertz CT molecular complexity index is 3390. The van der Waals surface area contributed by atoms with Crippen molar-refractivity contribution in [2.75, 3.05) is 30.8 Å². The molecule has 4 N–H and O–H groups in total. The summed E-state index contributed by atoms with van der Waals surface area (Å²) in [4.78, 5) is 32.1. The lowest BCUT2D eigenvalue weighted by molar-refractivity contribution is -0.275. The van der Waals surface area contributed by atoms with E-state index < -0.39 is 68.5 Å². The molecular weight excluding hydrogens is 1050 g/mol. The molecular formula is C51H41F12N7O7. The normalized spacial score (nSPS) is 11.9. The van der Waals surface area contributed by atoms with Crippen molar-refractivity contribution in [1.82, 2.24) is 24.1 Å². The van der Waals surface area contributed by atoms with E-state index in [9.17, 15) is 67.4 Å². The van der Waals surface area contributed by atoms with Crippen LogP contribution < -0.4 is 34.9 Å². The number of carboxylic acids is 1. The molecule has 0 unspecified atom stereocenters. The number of hydrogen-bond acceptors (Lipinski definition) is 10. The number of carbonyl (C=O) groups is 2. The zero-order valence-corrected chi connectivity index (χ0v) is 40.1. The highest BCUT2D eigenvalue weighted by Crippen LogP contribution is 2.36. The van der Waals surface area contributed by atoms with Gasteiger partial charge in [-0.1, -0.05) is 12.1 Å². The summed E-state index contributed by atoms with van der Waals surface area (Å²) in [7, 11) is 1.52. The third-order valence-electron chi connectivity index (χ3n) is 10.9. The van der Waals surface area contributed by atoms with E-state index in [1.54, 1.807) is 59.2 Å². The minimum atomic E-state index is -4.86. The minimum absolute atomic E-state index is 0.110. The Morgan fingerprint density at radius 3 is 1.25 bits per heavy atom. The Kier molecular flexibility index (Phi) is 16.4. The van der Waals surface area contributed by atoms with Crippen LogP contribution in [0.15, 0.2) is 122 Å². The first kappa shape index (κ1) is 55.9. The van der Waals surface area contributed by atoms with Crippen LogP contribution in [0.4, 0.5) is 64.1 Å². The summed E-state index contributed by atoms with van der Waals surface area (Å²) >= 11 is 0. The average molecular weight is 1090 g/mol. The third-order valence-corrected chi connectivity index (χ3v) is 10.9. The standard InChI is InChI=1S/C26H22F6N4O3.C25H19F6N3O4/c1-15-11-16(3-8-20(15)24(37)33-2)22-13-35-23-21(34-10-9-25(27,28)29)12-19(14-36(22)23)38-17-4-6-18(7-5-17)39-26(30,31)32;1-14-10-15(2-7-19(14)23(35)36)21-12-33-22-20(32-9-8-24(26,27)28)11-18(13-34(21)22)37-16-3-5-17(6-4-16)38-25(29,30)31/h3-8,11-14,34H,9-10H2,1-2H3,(H,33,37);2-7,10-13,32H,8-9H2,1H3,(H,35,36).